The number of aliphatic carboxylic acids is 2. The third-order valence-electron chi connectivity index (χ3n) is 5.20. The third-order valence-corrected chi connectivity index (χ3v) is 5.20. The number of carboxylic acid groups (broad SMARTS) is 2. The molecule has 1 amide bonds. The van der Waals surface area contributed by atoms with Gasteiger partial charge in [-0.25, -0.2) is 4.39 Å². The minimum absolute atomic E-state index is 0.0310. The van der Waals surface area contributed by atoms with Crippen LogP contribution in [0.2, 0.25) is 0 Å². The molecule has 7 nitrogen and oxygen atoms in total. The van der Waals surface area contributed by atoms with Crippen LogP contribution < -0.4 is 5.32 Å². The Balaban J connectivity index is 2.35. The van der Waals surface area contributed by atoms with Gasteiger partial charge in [0.05, 0.1) is 12.3 Å². The highest BCUT2D eigenvalue weighted by Crippen LogP contribution is 2.47. The molecule has 1 aromatic rings. The number of nitrogens with one attached hydrogen (secondary N) is 1. The second-order valence-corrected chi connectivity index (χ2v) is 6.54. The fourth-order valence-electron chi connectivity index (χ4n) is 3.71. The van der Waals surface area contributed by atoms with E-state index in [1.807, 2.05) is 0 Å². The molecule has 0 unspecified atom stereocenters. The van der Waals surface area contributed by atoms with Crippen molar-refractivity contribution in [2.24, 2.45) is 5.92 Å². The van der Waals surface area contributed by atoms with Crippen molar-refractivity contribution in [2.45, 2.75) is 37.8 Å². The van der Waals surface area contributed by atoms with Gasteiger partial charge < -0.3 is 15.5 Å². The first-order chi connectivity index (χ1) is 12.2. The van der Waals surface area contributed by atoms with Gasteiger partial charge >= 0.3 is 11.9 Å². The minimum Gasteiger partial charge on any atom is -0.481 e. The van der Waals surface area contributed by atoms with Crippen molar-refractivity contribution in [3.63, 3.8) is 0 Å². The van der Waals surface area contributed by atoms with Crippen LogP contribution in [0, 0.1) is 11.7 Å². The van der Waals surface area contributed by atoms with Gasteiger partial charge in [0.2, 0.25) is 5.91 Å². The van der Waals surface area contributed by atoms with Gasteiger partial charge in [0, 0.05) is 12.6 Å². The van der Waals surface area contributed by atoms with Crippen molar-refractivity contribution in [1.82, 2.24) is 10.2 Å². The monoisotopic (exact) mass is 366 g/mol. The molecule has 1 heterocycles. The van der Waals surface area contributed by atoms with Crippen LogP contribution in [0.25, 0.3) is 0 Å². The molecule has 1 aliphatic heterocycles. The smallest absolute Gasteiger partial charge is 0.324 e. The lowest BCUT2D eigenvalue weighted by molar-refractivity contribution is -0.150. The van der Waals surface area contributed by atoms with Crippen LogP contribution in [-0.4, -0.2) is 52.1 Å². The van der Waals surface area contributed by atoms with E-state index in [4.69, 9.17) is 5.11 Å². The molecule has 1 fully saturated rings. The number of hydrogen-bond donors (Lipinski definition) is 3. The number of carbonyl (C=O) groups excluding carboxylic acids is 1. The Labute approximate surface area is 150 Å². The molecule has 1 saturated heterocycles. The molecule has 0 bridgehead atoms. The van der Waals surface area contributed by atoms with E-state index in [1.165, 1.54) is 12.1 Å². The van der Waals surface area contributed by atoms with Crippen molar-refractivity contribution < 1.29 is 29.0 Å². The molecule has 0 radical (unpaired) electrons. The van der Waals surface area contributed by atoms with Crippen LogP contribution in [0.1, 0.15) is 37.8 Å². The van der Waals surface area contributed by atoms with Crippen molar-refractivity contribution in [1.29, 1.82) is 0 Å². The SMILES string of the molecule is CC[C@]1(C(=O)O)C[C@@H](C(=O)NCCC(=O)O)[C@@H](c2ccc(F)cc2)N1C. The van der Waals surface area contributed by atoms with Crippen molar-refractivity contribution in [2.75, 3.05) is 13.6 Å². The number of likely N-dealkylation sites (tertiary alicyclic amines) is 1. The first-order valence-corrected chi connectivity index (χ1v) is 8.44. The van der Waals surface area contributed by atoms with E-state index in [9.17, 15) is 23.9 Å². The molecule has 26 heavy (non-hydrogen) atoms. The molecule has 2 rings (SSSR count). The van der Waals surface area contributed by atoms with Crippen molar-refractivity contribution in [3.05, 3.63) is 35.6 Å². The van der Waals surface area contributed by atoms with E-state index in [2.05, 4.69) is 5.32 Å². The van der Waals surface area contributed by atoms with E-state index in [-0.39, 0.29) is 19.4 Å². The number of amides is 1. The molecular weight excluding hydrogens is 343 g/mol. The van der Waals surface area contributed by atoms with E-state index in [0.29, 0.717) is 12.0 Å². The zero-order valence-electron chi connectivity index (χ0n) is 14.7. The Morgan fingerprint density at radius 3 is 2.38 bits per heavy atom. The van der Waals surface area contributed by atoms with Crippen LogP contribution in [0.4, 0.5) is 4.39 Å². The molecule has 142 valence electrons. The standard InChI is InChI=1S/C18H23FN2O5/c1-3-18(17(25)26)10-13(16(24)20-9-8-14(22)23)15(21(18)2)11-4-6-12(19)7-5-11/h4-7,13,15H,3,8-10H2,1-2H3,(H,20,24)(H,22,23)(H,25,26)/t13-,15-,18-/m1/s1. The highest BCUT2D eigenvalue weighted by molar-refractivity contribution is 5.85. The summed E-state index contributed by atoms with van der Waals surface area (Å²) in [5.74, 6) is -3.55. The summed E-state index contributed by atoms with van der Waals surface area (Å²) in [5, 5.41) is 21.1. The highest BCUT2D eigenvalue weighted by atomic mass is 19.1. The summed E-state index contributed by atoms with van der Waals surface area (Å²) in [6.07, 6.45) is 0.180. The summed E-state index contributed by atoms with van der Waals surface area (Å²) in [7, 11) is 1.65. The van der Waals surface area contributed by atoms with Crippen LogP contribution >= 0.6 is 0 Å². The maximum atomic E-state index is 13.3. The van der Waals surface area contributed by atoms with E-state index in [0.717, 1.165) is 0 Å². The maximum Gasteiger partial charge on any atom is 0.324 e. The topological polar surface area (TPSA) is 107 Å². The van der Waals surface area contributed by atoms with Gasteiger partial charge in [-0.15, -0.1) is 0 Å². The number of halogens is 1. The Bertz CT molecular complexity index is 693. The Morgan fingerprint density at radius 2 is 1.88 bits per heavy atom. The number of nitrogens with zero attached hydrogens (tertiary/aromatic N) is 1. The Hall–Kier alpha value is -2.48. The number of carboxylic acids is 2. The third kappa shape index (κ3) is 3.70. The molecule has 1 aliphatic rings. The fourth-order valence-corrected chi connectivity index (χ4v) is 3.71. The van der Waals surface area contributed by atoms with Crippen molar-refractivity contribution in [3.8, 4) is 0 Å². The molecule has 3 N–H and O–H groups in total. The molecular formula is C18H23FN2O5. The van der Waals surface area contributed by atoms with Crippen LogP contribution in [0.3, 0.4) is 0 Å². The van der Waals surface area contributed by atoms with E-state index >= 15 is 0 Å². The number of rotatable bonds is 7. The zero-order valence-corrected chi connectivity index (χ0v) is 14.7. The predicted molar refractivity (Wildman–Crippen MR) is 90.9 cm³/mol. The normalized spacial score (nSPS) is 25.8. The van der Waals surface area contributed by atoms with Crippen LogP contribution in [0.15, 0.2) is 24.3 Å². The first kappa shape index (κ1) is 19.8. The predicted octanol–water partition coefficient (Wildman–Crippen LogP) is 1.64. The Kier molecular flexibility index (Phi) is 5.97. The highest BCUT2D eigenvalue weighted by Gasteiger charge is 2.56. The minimum atomic E-state index is -1.21. The molecule has 0 aliphatic carbocycles. The van der Waals surface area contributed by atoms with Gasteiger partial charge in [-0.05, 0) is 37.6 Å². The molecule has 3 atom stereocenters. The average molecular weight is 366 g/mol. The lowest BCUT2D eigenvalue weighted by Gasteiger charge is -2.34. The number of carbonyl (C=O) groups is 3. The van der Waals surface area contributed by atoms with Gasteiger partial charge in [0.15, 0.2) is 0 Å². The molecule has 0 aromatic heterocycles. The molecule has 0 spiro atoms. The summed E-state index contributed by atoms with van der Waals surface area (Å²) >= 11 is 0. The largest absolute Gasteiger partial charge is 0.481 e. The van der Waals surface area contributed by atoms with Gasteiger partial charge in [0.1, 0.15) is 11.4 Å². The summed E-state index contributed by atoms with van der Waals surface area (Å²) in [6.45, 7) is 1.72. The molecule has 1 aromatic carbocycles. The lowest BCUT2D eigenvalue weighted by atomic mass is 9.87. The summed E-state index contributed by atoms with van der Waals surface area (Å²) in [6, 6.07) is 5.09. The number of hydrogen-bond acceptors (Lipinski definition) is 4. The van der Waals surface area contributed by atoms with E-state index in [1.54, 1.807) is 31.0 Å². The summed E-state index contributed by atoms with van der Waals surface area (Å²) < 4.78 is 13.3. The van der Waals surface area contributed by atoms with Crippen molar-refractivity contribution >= 4 is 17.8 Å². The molecule has 0 saturated carbocycles. The fraction of sp³-hybridized carbons (Fsp3) is 0.500. The lowest BCUT2D eigenvalue weighted by Crippen LogP contribution is -2.48. The first-order valence-electron chi connectivity index (χ1n) is 8.44. The van der Waals surface area contributed by atoms with Crippen LogP contribution in [-0.2, 0) is 14.4 Å². The summed E-state index contributed by atoms with van der Waals surface area (Å²) in [5.41, 5.74) is -0.572. The Morgan fingerprint density at radius 1 is 1.27 bits per heavy atom. The number of likely N-dealkylation sites (N-methyl/N-ethyl adjacent to an activating group) is 1. The van der Waals surface area contributed by atoms with Crippen LogP contribution in [0.5, 0.6) is 0 Å². The average Bonchev–Trinajstić information content (AvgIpc) is 2.89. The van der Waals surface area contributed by atoms with Gasteiger partial charge in [-0.2, -0.15) is 0 Å². The van der Waals surface area contributed by atoms with Gasteiger partial charge in [-0.1, -0.05) is 19.1 Å². The molecule has 8 heteroatoms. The second-order valence-electron chi connectivity index (χ2n) is 6.54. The maximum absolute atomic E-state index is 13.3. The quantitative estimate of drug-likeness (QED) is 0.677. The second kappa shape index (κ2) is 7.82. The summed E-state index contributed by atoms with van der Waals surface area (Å²) in [4.78, 5) is 36.9. The van der Waals surface area contributed by atoms with Gasteiger partial charge in [0.25, 0.3) is 0 Å². The van der Waals surface area contributed by atoms with E-state index < -0.39 is 41.2 Å². The number of benzene rings is 1. The zero-order chi connectivity index (χ0) is 19.5. The van der Waals surface area contributed by atoms with Gasteiger partial charge in [-0.3, -0.25) is 19.3 Å².